The molecule has 4 aliphatic rings. The highest BCUT2D eigenvalue weighted by atomic mass is 16.2. The molecule has 20 heavy (non-hydrogen) atoms. The average Bonchev–Trinajstić information content (AvgIpc) is 2.32. The molecule has 4 rings (SSSR count). The molecular weight excluding hydrogens is 252 g/mol. The number of nitrogens with two attached hydrogens (primary N) is 1. The molecule has 4 nitrogen and oxygen atoms in total. The summed E-state index contributed by atoms with van der Waals surface area (Å²) in [6.07, 6.45) is 7.01. The summed E-state index contributed by atoms with van der Waals surface area (Å²) in [6.45, 7) is 3.85. The molecule has 2 amide bonds. The van der Waals surface area contributed by atoms with E-state index in [4.69, 9.17) is 5.73 Å². The second-order valence-electron chi connectivity index (χ2n) is 7.80. The van der Waals surface area contributed by atoms with Gasteiger partial charge < -0.3 is 11.1 Å². The highest BCUT2D eigenvalue weighted by Gasteiger charge is 2.54. The summed E-state index contributed by atoms with van der Waals surface area (Å²) in [4.78, 5) is 24.3. The Morgan fingerprint density at radius 3 is 1.85 bits per heavy atom. The molecule has 112 valence electrons. The first-order valence-corrected chi connectivity index (χ1v) is 8.00. The third-order valence-electron chi connectivity index (χ3n) is 5.78. The van der Waals surface area contributed by atoms with E-state index in [0.717, 1.165) is 37.0 Å². The van der Waals surface area contributed by atoms with Gasteiger partial charge in [-0.05, 0) is 62.2 Å². The van der Waals surface area contributed by atoms with Crippen molar-refractivity contribution in [2.45, 2.75) is 58.4 Å². The Morgan fingerprint density at radius 2 is 1.50 bits per heavy atom. The number of rotatable bonds is 4. The van der Waals surface area contributed by atoms with Crippen LogP contribution in [0.25, 0.3) is 0 Å². The topological polar surface area (TPSA) is 72.2 Å². The number of primary amides is 1. The van der Waals surface area contributed by atoms with Crippen LogP contribution in [0.1, 0.15) is 52.4 Å². The van der Waals surface area contributed by atoms with E-state index in [1.807, 2.05) is 13.8 Å². The van der Waals surface area contributed by atoms with Gasteiger partial charge in [-0.3, -0.25) is 9.59 Å². The fraction of sp³-hybridized carbons (Fsp3) is 0.875. The zero-order chi connectivity index (χ0) is 14.5. The van der Waals surface area contributed by atoms with Crippen LogP contribution in [0.2, 0.25) is 0 Å². The lowest BCUT2D eigenvalue weighted by Gasteiger charge is -2.55. The predicted octanol–water partition coefficient (Wildman–Crippen LogP) is 1.83. The smallest absolute Gasteiger partial charge is 0.240 e. The molecule has 4 saturated carbocycles. The molecule has 0 radical (unpaired) electrons. The molecule has 0 spiro atoms. The van der Waals surface area contributed by atoms with Crippen LogP contribution in [0.15, 0.2) is 0 Å². The van der Waals surface area contributed by atoms with Crippen molar-refractivity contribution in [3.8, 4) is 0 Å². The molecule has 3 N–H and O–H groups in total. The normalized spacial score (nSPS) is 39.9. The summed E-state index contributed by atoms with van der Waals surface area (Å²) >= 11 is 0. The van der Waals surface area contributed by atoms with E-state index < -0.39 is 11.9 Å². The summed E-state index contributed by atoms with van der Waals surface area (Å²) in [7, 11) is 0. The summed E-state index contributed by atoms with van der Waals surface area (Å²) in [6, 6.07) is -0.532. The first kappa shape index (κ1) is 13.9. The van der Waals surface area contributed by atoms with E-state index in [0.29, 0.717) is 0 Å². The molecule has 0 aromatic heterocycles. The van der Waals surface area contributed by atoms with Crippen molar-refractivity contribution >= 4 is 11.8 Å². The molecule has 4 aliphatic carbocycles. The quantitative estimate of drug-likeness (QED) is 0.823. The van der Waals surface area contributed by atoms with Crippen LogP contribution in [-0.4, -0.2) is 17.9 Å². The number of amides is 2. The minimum Gasteiger partial charge on any atom is -0.368 e. The molecule has 4 bridgehead atoms. The van der Waals surface area contributed by atoms with Crippen LogP contribution in [0.3, 0.4) is 0 Å². The van der Waals surface area contributed by atoms with Gasteiger partial charge in [0.15, 0.2) is 0 Å². The Kier molecular flexibility index (Phi) is 3.30. The lowest BCUT2D eigenvalue weighted by atomic mass is 9.49. The third kappa shape index (κ3) is 2.23. The number of hydrogen-bond donors (Lipinski definition) is 2. The first-order valence-electron chi connectivity index (χ1n) is 8.00. The van der Waals surface area contributed by atoms with Gasteiger partial charge in [-0.15, -0.1) is 0 Å². The Balaban J connectivity index is 1.75. The van der Waals surface area contributed by atoms with E-state index in [9.17, 15) is 9.59 Å². The molecule has 4 fully saturated rings. The van der Waals surface area contributed by atoms with Crippen molar-refractivity contribution < 1.29 is 9.59 Å². The largest absolute Gasteiger partial charge is 0.368 e. The third-order valence-corrected chi connectivity index (χ3v) is 5.78. The monoisotopic (exact) mass is 278 g/mol. The van der Waals surface area contributed by atoms with Gasteiger partial charge in [0.1, 0.15) is 6.04 Å². The number of carbonyl (C=O) groups is 2. The van der Waals surface area contributed by atoms with Gasteiger partial charge in [0.05, 0.1) is 0 Å². The molecule has 1 atom stereocenters. The Hall–Kier alpha value is -1.06. The second-order valence-corrected chi connectivity index (χ2v) is 7.80. The van der Waals surface area contributed by atoms with Gasteiger partial charge in [-0.1, -0.05) is 13.8 Å². The van der Waals surface area contributed by atoms with Crippen LogP contribution in [0, 0.1) is 29.1 Å². The van der Waals surface area contributed by atoms with Crippen molar-refractivity contribution in [2.75, 3.05) is 0 Å². The van der Waals surface area contributed by atoms with E-state index in [1.54, 1.807) is 0 Å². The molecule has 0 aromatic carbocycles. The molecular formula is C16H26N2O2. The molecule has 0 aliphatic heterocycles. The second kappa shape index (κ2) is 4.74. The Labute approximate surface area is 120 Å². The number of hydrogen-bond acceptors (Lipinski definition) is 2. The molecule has 0 saturated heterocycles. The SMILES string of the molecule is CC(C)[C@H](NC(=O)C12CC3CC(CC(C3)C1)C2)C(N)=O. The van der Waals surface area contributed by atoms with Gasteiger partial charge in [0.25, 0.3) is 0 Å². The van der Waals surface area contributed by atoms with Gasteiger partial charge in [-0.2, -0.15) is 0 Å². The summed E-state index contributed by atoms with van der Waals surface area (Å²) in [5, 5.41) is 2.96. The number of carbonyl (C=O) groups excluding carboxylic acids is 2. The average molecular weight is 278 g/mol. The molecule has 0 unspecified atom stereocenters. The predicted molar refractivity (Wildman–Crippen MR) is 76.6 cm³/mol. The maximum atomic E-state index is 12.8. The standard InChI is InChI=1S/C16H26N2O2/c1-9(2)13(14(17)19)18-15(20)16-6-10-3-11(7-16)5-12(4-10)8-16/h9-13H,3-8H2,1-2H3,(H2,17,19)(H,18,20)/t10?,11?,12?,13-,16?/m0/s1. The van der Waals surface area contributed by atoms with Crippen molar-refractivity contribution in [1.29, 1.82) is 0 Å². The Bertz CT molecular complexity index is 395. The van der Waals surface area contributed by atoms with Crippen LogP contribution in [-0.2, 0) is 9.59 Å². The Morgan fingerprint density at radius 1 is 1.05 bits per heavy atom. The van der Waals surface area contributed by atoms with E-state index in [2.05, 4.69) is 5.32 Å². The van der Waals surface area contributed by atoms with Crippen molar-refractivity contribution in [2.24, 2.45) is 34.8 Å². The van der Waals surface area contributed by atoms with Crippen molar-refractivity contribution in [3.63, 3.8) is 0 Å². The zero-order valence-corrected chi connectivity index (χ0v) is 12.5. The highest BCUT2D eigenvalue weighted by molar-refractivity contribution is 5.89. The molecule has 0 heterocycles. The maximum Gasteiger partial charge on any atom is 0.240 e. The molecule has 4 heteroatoms. The van der Waals surface area contributed by atoms with E-state index in [-0.39, 0.29) is 17.2 Å². The van der Waals surface area contributed by atoms with Gasteiger partial charge in [0.2, 0.25) is 11.8 Å². The van der Waals surface area contributed by atoms with Crippen LogP contribution >= 0.6 is 0 Å². The summed E-state index contributed by atoms with van der Waals surface area (Å²) < 4.78 is 0. The number of nitrogens with one attached hydrogen (secondary N) is 1. The van der Waals surface area contributed by atoms with Gasteiger partial charge in [-0.25, -0.2) is 0 Å². The van der Waals surface area contributed by atoms with Crippen molar-refractivity contribution in [1.82, 2.24) is 5.32 Å². The minimum atomic E-state index is -0.532. The lowest BCUT2D eigenvalue weighted by Crippen LogP contribution is -2.58. The lowest BCUT2D eigenvalue weighted by molar-refractivity contribution is -0.148. The minimum absolute atomic E-state index is 0.0466. The van der Waals surface area contributed by atoms with Crippen LogP contribution < -0.4 is 11.1 Å². The van der Waals surface area contributed by atoms with E-state index >= 15 is 0 Å². The zero-order valence-electron chi connectivity index (χ0n) is 12.5. The summed E-state index contributed by atoms with van der Waals surface area (Å²) in [5.74, 6) is 1.92. The van der Waals surface area contributed by atoms with E-state index in [1.165, 1.54) is 19.3 Å². The fourth-order valence-corrected chi connectivity index (χ4v) is 5.25. The maximum absolute atomic E-state index is 12.8. The molecule has 0 aromatic rings. The van der Waals surface area contributed by atoms with Crippen LogP contribution in [0.4, 0.5) is 0 Å². The highest BCUT2D eigenvalue weighted by Crippen LogP contribution is 2.60. The van der Waals surface area contributed by atoms with Crippen molar-refractivity contribution in [3.05, 3.63) is 0 Å². The van der Waals surface area contributed by atoms with Crippen LogP contribution in [0.5, 0.6) is 0 Å². The van der Waals surface area contributed by atoms with Gasteiger partial charge >= 0.3 is 0 Å². The fourth-order valence-electron chi connectivity index (χ4n) is 5.25. The van der Waals surface area contributed by atoms with Gasteiger partial charge in [0, 0.05) is 5.41 Å². The summed E-state index contributed by atoms with van der Waals surface area (Å²) in [5.41, 5.74) is 5.23. The first-order chi connectivity index (χ1) is 9.39.